The fourth-order valence-electron chi connectivity index (χ4n) is 2.20. The van der Waals surface area contributed by atoms with Crippen LogP contribution in [0, 0.1) is 17.5 Å². The summed E-state index contributed by atoms with van der Waals surface area (Å²) in [4.78, 5) is 0. The van der Waals surface area contributed by atoms with Crippen LogP contribution < -0.4 is 5.32 Å². The highest BCUT2D eigenvalue weighted by atomic mass is 19.2. The third-order valence-corrected chi connectivity index (χ3v) is 3.21. The van der Waals surface area contributed by atoms with Crippen LogP contribution in [-0.2, 0) is 0 Å². The fourth-order valence-corrected chi connectivity index (χ4v) is 2.20. The van der Waals surface area contributed by atoms with E-state index >= 15 is 0 Å². The lowest BCUT2D eigenvalue weighted by Gasteiger charge is -2.10. The van der Waals surface area contributed by atoms with Crippen molar-refractivity contribution in [1.82, 2.24) is 10.2 Å². The minimum Gasteiger partial charge on any atom is -0.371 e. The molecule has 0 fully saturated rings. The maximum absolute atomic E-state index is 14.0. The molecule has 21 heavy (non-hydrogen) atoms. The molecule has 106 valence electrons. The Morgan fingerprint density at radius 2 is 1.57 bits per heavy atom. The molecule has 0 aliphatic carbocycles. The first-order valence-corrected chi connectivity index (χ1v) is 6.20. The lowest BCUT2D eigenvalue weighted by Crippen LogP contribution is -2.01. The van der Waals surface area contributed by atoms with Crippen molar-refractivity contribution < 1.29 is 13.2 Å². The average Bonchev–Trinajstić information content (AvgIpc) is 2.52. The van der Waals surface area contributed by atoms with Crippen molar-refractivity contribution in [2.24, 2.45) is 0 Å². The van der Waals surface area contributed by atoms with Gasteiger partial charge in [-0.25, -0.2) is 13.2 Å². The second-order valence-corrected chi connectivity index (χ2v) is 4.42. The summed E-state index contributed by atoms with van der Waals surface area (Å²) in [5.74, 6) is -3.50. The molecule has 3 rings (SSSR count). The Hall–Kier alpha value is -2.63. The van der Waals surface area contributed by atoms with Crippen LogP contribution >= 0.6 is 0 Å². The van der Waals surface area contributed by atoms with E-state index < -0.39 is 17.5 Å². The van der Waals surface area contributed by atoms with E-state index in [2.05, 4.69) is 15.5 Å². The summed E-state index contributed by atoms with van der Waals surface area (Å²) in [6, 6.07) is 9.10. The zero-order valence-electron chi connectivity index (χ0n) is 11.0. The van der Waals surface area contributed by atoms with Crippen LogP contribution in [0.5, 0.6) is 0 Å². The van der Waals surface area contributed by atoms with E-state index in [0.29, 0.717) is 16.6 Å². The molecule has 3 aromatic rings. The summed E-state index contributed by atoms with van der Waals surface area (Å²) >= 11 is 0. The van der Waals surface area contributed by atoms with Crippen LogP contribution in [0.4, 0.5) is 19.0 Å². The zero-order chi connectivity index (χ0) is 15.0. The van der Waals surface area contributed by atoms with E-state index in [1.807, 2.05) is 0 Å². The zero-order valence-corrected chi connectivity index (χ0v) is 11.0. The molecule has 0 saturated heterocycles. The van der Waals surface area contributed by atoms with Crippen LogP contribution in [0.1, 0.15) is 0 Å². The third kappa shape index (κ3) is 2.08. The van der Waals surface area contributed by atoms with Crippen molar-refractivity contribution in [1.29, 1.82) is 0 Å². The molecule has 0 amide bonds. The SMILES string of the molecule is CNc1nnc(-c2ccc(F)c(F)c2F)c2ccccc12. The van der Waals surface area contributed by atoms with Crippen molar-refractivity contribution in [3.63, 3.8) is 0 Å². The number of benzene rings is 2. The molecule has 0 bridgehead atoms. The number of rotatable bonds is 2. The van der Waals surface area contributed by atoms with Crippen LogP contribution in [0.2, 0.25) is 0 Å². The third-order valence-electron chi connectivity index (χ3n) is 3.21. The van der Waals surface area contributed by atoms with Gasteiger partial charge in [-0.15, -0.1) is 10.2 Å². The molecule has 0 aliphatic heterocycles. The minimum atomic E-state index is -1.52. The molecule has 2 aromatic carbocycles. The predicted octanol–water partition coefficient (Wildman–Crippen LogP) is 3.76. The number of nitrogens with zero attached hydrogens (tertiary/aromatic N) is 2. The van der Waals surface area contributed by atoms with Crippen molar-refractivity contribution in [2.45, 2.75) is 0 Å². The first kappa shape index (κ1) is 13.4. The minimum absolute atomic E-state index is 0.125. The Morgan fingerprint density at radius 3 is 2.29 bits per heavy atom. The topological polar surface area (TPSA) is 37.8 Å². The Morgan fingerprint density at radius 1 is 0.857 bits per heavy atom. The summed E-state index contributed by atoms with van der Waals surface area (Å²) in [5, 5.41) is 12.1. The molecular formula is C15H10F3N3. The Kier molecular flexibility index (Phi) is 3.21. The molecular weight excluding hydrogens is 279 g/mol. The van der Waals surface area contributed by atoms with Gasteiger partial charge in [0.25, 0.3) is 0 Å². The van der Waals surface area contributed by atoms with Crippen LogP contribution in [-0.4, -0.2) is 17.2 Å². The second-order valence-electron chi connectivity index (χ2n) is 4.42. The molecule has 0 unspecified atom stereocenters. The first-order valence-electron chi connectivity index (χ1n) is 6.20. The first-order chi connectivity index (χ1) is 10.1. The number of halogens is 3. The van der Waals surface area contributed by atoms with E-state index in [-0.39, 0.29) is 11.3 Å². The van der Waals surface area contributed by atoms with Crippen molar-refractivity contribution in [3.05, 3.63) is 53.8 Å². The van der Waals surface area contributed by atoms with Crippen molar-refractivity contribution in [3.8, 4) is 11.3 Å². The number of hydrogen-bond acceptors (Lipinski definition) is 3. The maximum atomic E-state index is 14.0. The molecule has 6 heteroatoms. The monoisotopic (exact) mass is 289 g/mol. The average molecular weight is 289 g/mol. The highest BCUT2D eigenvalue weighted by Crippen LogP contribution is 2.32. The smallest absolute Gasteiger partial charge is 0.195 e. The van der Waals surface area contributed by atoms with Crippen LogP contribution in [0.15, 0.2) is 36.4 Å². The van der Waals surface area contributed by atoms with Gasteiger partial charge in [0.2, 0.25) is 0 Å². The number of aromatic nitrogens is 2. The van der Waals surface area contributed by atoms with E-state index in [0.717, 1.165) is 12.1 Å². The number of anilines is 1. The van der Waals surface area contributed by atoms with Gasteiger partial charge in [-0.05, 0) is 12.1 Å². The summed E-state index contributed by atoms with van der Waals surface area (Å²) in [6.45, 7) is 0. The molecule has 1 aromatic heterocycles. The Labute approximate surface area is 118 Å². The number of fused-ring (bicyclic) bond motifs is 1. The largest absolute Gasteiger partial charge is 0.371 e. The molecule has 0 radical (unpaired) electrons. The molecule has 0 aliphatic rings. The van der Waals surface area contributed by atoms with E-state index in [9.17, 15) is 13.2 Å². The van der Waals surface area contributed by atoms with Gasteiger partial charge >= 0.3 is 0 Å². The Balaban J connectivity index is 2.34. The van der Waals surface area contributed by atoms with Crippen molar-refractivity contribution in [2.75, 3.05) is 12.4 Å². The molecule has 0 saturated carbocycles. The maximum Gasteiger partial charge on any atom is 0.195 e. The van der Waals surface area contributed by atoms with Gasteiger partial charge in [0.1, 0.15) is 5.69 Å². The molecule has 0 spiro atoms. The number of hydrogen-bond donors (Lipinski definition) is 1. The molecule has 1 heterocycles. The van der Waals surface area contributed by atoms with E-state index in [1.165, 1.54) is 0 Å². The Bertz CT molecular complexity index is 834. The fraction of sp³-hybridized carbons (Fsp3) is 0.0667. The van der Waals surface area contributed by atoms with Gasteiger partial charge in [0, 0.05) is 23.4 Å². The van der Waals surface area contributed by atoms with Gasteiger partial charge in [0.05, 0.1) is 0 Å². The van der Waals surface area contributed by atoms with Gasteiger partial charge in [0.15, 0.2) is 23.3 Å². The van der Waals surface area contributed by atoms with E-state index in [1.54, 1.807) is 31.3 Å². The van der Waals surface area contributed by atoms with Crippen LogP contribution in [0.25, 0.3) is 22.0 Å². The van der Waals surface area contributed by atoms with Gasteiger partial charge in [-0.1, -0.05) is 24.3 Å². The summed E-state index contributed by atoms with van der Waals surface area (Å²) in [7, 11) is 1.69. The standard InChI is InChI=1S/C15H10F3N3/c1-19-15-9-5-3-2-4-8(9)14(20-21-15)10-6-7-11(16)13(18)12(10)17/h2-7H,1H3,(H,19,21). The summed E-state index contributed by atoms with van der Waals surface area (Å²) in [6.07, 6.45) is 0. The van der Waals surface area contributed by atoms with Crippen LogP contribution in [0.3, 0.4) is 0 Å². The van der Waals surface area contributed by atoms with E-state index in [4.69, 9.17) is 0 Å². The lowest BCUT2D eigenvalue weighted by molar-refractivity contribution is 0.449. The molecule has 0 atom stereocenters. The molecule has 3 nitrogen and oxygen atoms in total. The normalized spacial score (nSPS) is 10.9. The highest BCUT2D eigenvalue weighted by Gasteiger charge is 2.18. The lowest BCUT2D eigenvalue weighted by atomic mass is 10.0. The predicted molar refractivity (Wildman–Crippen MR) is 74.4 cm³/mol. The summed E-state index contributed by atoms with van der Waals surface area (Å²) in [5.41, 5.74) is 0.0428. The molecule has 1 N–H and O–H groups in total. The summed E-state index contributed by atoms with van der Waals surface area (Å²) < 4.78 is 40.4. The van der Waals surface area contributed by atoms with Crippen molar-refractivity contribution >= 4 is 16.6 Å². The van der Waals surface area contributed by atoms with Gasteiger partial charge < -0.3 is 5.32 Å². The quantitative estimate of drug-likeness (QED) is 0.730. The van der Waals surface area contributed by atoms with Gasteiger partial charge in [-0.2, -0.15) is 0 Å². The second kappa shape index (κ2) is 5.05. The van der Waals surface area contributed by atoms with Gasteiger partial charge in [-0.3, -0.25) is 0 Å². The number of nitrogens with one attached hydrogen (secondary N) is 1. The highest BCUT2D eigenvalue weighted by molar-refractivity contribution is 6.00.